The first-order chi connectivity index (χ1) is 8.65. The molecule has 0 bridgehead atoms. The Labute approximate surface area is 112 Å². The van der Waals surface area contributed by atoms with Crippen molar-refractivity contribution in [2.24, 2.45) is 5.73 Å². The lowest BCUT2D eigenvalue weighted by molar-refractivity contribution is -0.123. The Morgan fingerprint density at radius 3 is 2.94 bits per heavy atom. The average molecular weight is 267 g/mol. The van der Waals surface area contributed by atoms with E-state index in [1.165, 1.54) is 4.88 Å². The molecule has 0 radical (unpaired) electrons. The van der Waals surface area contributed by atoms with Crippen LogP contribution in [-0.2, 0) is 4.79 Å². The molecule has 18 heavy (non-hydrogen) atoms. The Balaban J connectivity index is 1.75. The zero-order valence-electron chi connectivity index (χ0n) is 10.8. The standard InChI is InChI=1S/C13H21N3OS/c1-10(12-3-2-8-18-12)15-13(17)9-16-6-4-11(14)5-7-16/h2-3,8,10-11H,4-7,9,14H2,1H3,(H,15,17)/t10-/m1/s1. The molecule has 5 heteroatoms. The van der Waals surface area contributed by atoms with Gasteiger partial charge in [-0.2, -0.15) is 0 Å². The summed E-state index contributed by atoms with van der Waals surface area (Å²) in [6.07, 6.45) is 1.99. The summed E-state index contributed by atoms with van der Waals surface area (Å²) >= 11 is 1.67. The number of rotatable bonds is 4. The second-order valence-corrected chi connectivity index (χ2v) is 5.90. The number of hydrogen-bond acceptors (Lipinski definition) is 4. The van der Waals surface area contributed by atoms with Crippen LogP contribution >= 0.6 is 11.3 Å². The van der Waals surface area contributed by atoms with Crippen molar-refractivity contribution in [3.63, 3.8) is 0 Å². The van der Waals surface area contributed by atoms with Crippen LogP contribution in [0.15, 0.2) is 17.5 Å². The quantitative estimate of drug-likeness (QED) is 0.866. The fourth-order valence-electron chi connectivity index (χ4n) is 2.21. The van der Waals surface area contributed by atoms with Crippen molar-refractivity contribution in [3.8, 4) is 0 Å². The van der Waals surface area contributed by atoms with Gasteiger partial charge in [0.1, 0.15) is 0 Å². The van der Waals surface area contributed by atoms with Gasteiger partial charge < -0.3 is 11.1 Å². The predicted octanol–water partition coefficient (Wildman–Crippen LogP) is 1.35. The zero-order valence-corrected chi connectivity index (χ0v) is 11.6. The van der Waals surface area contributed by atoms with Crippen LogP contribution in [0.5, 0.6) is 0 Å². The van der Waals surface area contributed by atoms with Gasteiger partial charge in [-0.25, -0.2) is 0 Å². The molecular formula is C13H21N3OS. The average Bonchev–Trinajstić information content (AvgIpc) is 2.85. The van der Waals surface area contributed by atoms with Gasteiger partial charge in [0, 0.05) is 24.0 Å². The smallest absolute Gasteiger partial charge is 0.234 e. The van der Waals surface area contributed by atoms with Crippen LogP contribution < -0.4 is 11.1 Å². The molecule has 0 aromatic carbocycles. The van der Waals surface area contributed by atoms with Gasteiger partial charge in [0.15, 0.2) is 0 Å². The van der Waals surface area contributed by atoms with Gasteiger partial charge in [0.25, 0.3) is 0 Å². The van der Waals surface area contributed by atoms with Gasteiger partial charge >= 0.3 is 0 Å². The summed E-state index contributed by atoms with van der Waals surface area (Å²) in [6.45, 7) is 4.38. The van der Waals surface area contributed by atoms with Crippen molar-refractivity contribution < 1.29 is 4.79 Å². The number of nitrogens with zero attached hydrogens (tertiary/aromatic N) is 1. The van der Waals surface area contributed by atoms with Gasteiger partial charge in [-0.15, -0.1) is 11.3 Å². The number of nitrogens with two attached hydrogens (primary N) is 1. The Kier molecular flexibility index (Phi) is 4.74. The van der Waals surface area contributed by atoms with Gasteiger partial charge in [0.2, 0.25) is 5.91 Å². The lowest BCUT2D eigenvalue weighted by Gasteiger charge is -2.29. The van der Waals surface area contributed by atoms with E-state index in [2.05, 4.69) is 16.3 Å². The summed E-state index contributed by atoms with van der Waals surface area (Å²) in [5.41, 5.74) is 5.85. The first kappa shape index (κ1) is 13.5. The number of carbonyl (C=O) groups excluding carboxylic acids is 1. The molecule has 4 nitrogen and oxygen atoms in total. The molecule has 1 fully saturated rings. The lowest BCUT2D eigenvalue weighted by atomic mass is 10.1. The van der Waals surface area contributed by atoms with Crippen molar-refractivity contribution in [1.29, 1.82) is 0 Å². The molecule has 100 valence electrons. The van der Waals surface area contributed by atoms with Crippen LogP contribution in [-0.4, -0.2) is 36.5 Å². The molecule has 1 saturated heterocycles. The molecule has 1 aliphatic rings. The molecule has 0 spiro atoms. The first-order valence-corrected chi connectivity index (χ1v) is 7.34. The second-order valence-electron chi connectivity index (χ2n) is 4.92. The third kappa shape index (κ3) is 3.80. The third-order valence-electron chi connectivity index (χ3n) is 3.35. The molecule has 0 saturated carbocycles. The lowest BCUT2D eigenvalue weighted by Crippen LogP contribution is -2.44. The van der Waals surface area contributed by atoms with Crippen LogP contribution in [0.4, 0.5) is 0 Å². The molecule has 3 N–H and O–H groups in total. The number of nitrogens with one attached hydrogen (secondary N) is 1. The zero-order chi connectivity index (χ0) is 13.0. The van der Waals surface area contributed by atoms with E-state index < -0.39 is 0 Å². The molecule has 2 rings (SSSR count). The van der Waals surface area contributed by atoms with E-state index in [4.69, 9.17) is 5.73 Å². The molecule has 1 aromatic rings. The molecule has 2 heterocycles. The van der Waals surface area contributed by atoms with E-state index in [0.717, 1.165) is 25.9 Å². The number of carbonyl (C=O) groups is 1. The highest BCUT2D eigenvalue weighted by Gasteiger charge is 2.19. The van der Waals surface area contributed by atoms with Crippen LogP contribution in [0.2, 0.25) is 0 Å². The monoisotopic (exact) mass is 267 g/mol. The maximum atomic E-state index is 11.9. The summed E-state index contributed by atoms with van der Waals surface area (Å²) in [5.74, 6) is 0.103. The Morgan fingerprint density at radius 1 is 1.61 bits per heavy atom. The van der Waals surface area contributed by atoms with Crippen LogP contribution in [0.1, 0.15) is 30.7 Å². The number of amides is 1. The number of hydrogen-bond donors (Lipinski definition) is 2. The largest absolute Gasteiger partial charge is 0.348 e. The van der Waals surface area contributed by atoms with Crippen LogP contribution in [0, 0.1) is 0 Å². The van der Waals surface area contributed by atoms with Crippen molar-refractivity contribution in [3.05, 3.63) is 22.4 Å². The van der Waals surface area contributed by atoms with E-state index in [1.54, 1.807) is 11.3 Å². The Hall–Kier alpha value is -0.910. The van der Waals surface area contributed by atoms with Crippen LogP contribution in [0.25, 0.3) is 0 Å². The highest BCUT2D eigenvalue weighted by atomic mass is 32.1. The van der Waals surface area contributed by atoms with Crippen molar-refractivity contribution in [2.45, 2.75) is 31.8 Å². The Morgan fingerprint density at radius 2 is 2.33 bits per heavy atom. The Bertz CT molecular complexity index is 372. The fraction of sp³-hybridized carbons (Fsp3) is 0.615. The molecule has 1 amide bonds. The number of likely N-dealkylation sites (tertiary alicyclic amines) is 1. The number of thiophene rings is 1. The van der Waals surface area contributed by atoms with Gasteiger partial charge in [-0.05, 0) is 31.2 Å². The maximum absolute atomic E-state index is 11.9. The summed E-state index contributed by atoms with van der Waals surface area (Å²) in [5, 5.41) is 5.07. The molecule has 1 aliphatic heterocycles. The maximum Gasteiger partial charge on any atom is 0.234 e. The summed E-state index contributed by atoms with van der Waals surface area (Å²) in [6, 6.07) is 4.48. The molecule has 1 aromatic heterocycles. The van der Waals surface area contributed by atoms with E-state index in [-0.39, 0.29) is 11.9 Å². The SMILES string of the molecule is C[C@@H](NC(=O)CN1CCC(N)CC1)c1cccs1. The van der Waals surface area contributed by atoms with Gasteiger partial charge in [-0.3, -0.25) is 9.69 Å². The predicted molar refractivity (Wildman–Crippen MR) is 74.5 cm³/mol. The summed E-state index contributed by atoms with van der Waals surface area (Å²) < 4.78 is 0. The highest BCUT2D eigenvalue weighted by Crippen LogP contribution is 2.18. The first-order valence-electron chi connectivity index (χ1n) is 6.46. The second kappa shape index (κ2) is 6.31. The summed E-state index contributed by atoms with van der Waals surface area (Å²) in [7, 11) is 0. The van der Waals surface area contributed by atoms with Crippen LogP contribution in [0.3, 0.4) is 0 Å². The minimum atomic E-state index is 0.101. The minimum Gasteiger partial charge on any atom is -0.348 e. The van der Waals surface area contributed by atoms with E-state index in [1.807, 2.05) is 18.4 Å². The van der Waals surface area contributed by atoms with Crippen molar-refractivity contribution in [2.75, 3.05) is 19.6 Å². The van der Waals surface area contributed by atoms with Crippen molar-refractivity contribution in [1.82, 2.24) is 10.2 Å². The van der Waals surface area contributed by atoms with Gasteiger partial charge in [-0.1, -0.05) is 6.07 Å². The topological polar surface area (TPSA) is 58.4 Å². The van der Waals surface area contributed by atoms with E-state index in [9.17, 15) is 4.79 Å². The normalized spacial score (nSPS) is 19.7. The number of piperidine rings is 1. The van der Waals surface area contributed by atoms with E-state index >= 15 is 0 Å². The van der Waals surface area contributed by atoms with Gasteiger partial charge in [0.05, 0.1) is 12.6 Å². The third-order valence-corrected chi connectivity index (χ3v) is 4.40. The minimum absolute atomic E-state index is 0.101. The molecular weight excluding hydrogens is 246 g/mol. The molecule has 0 aliphatic carbocycles. The van der Waals surface area contributed by atoms with Crippen molar-refractivity contribution >= 4 is 17.2 Å². The highest BCUT2D eigenvalue weighted by molar-refractivity contribution is 7.10. The molecule has 0 unspecified atom stereocenters. The van der Waals surface area contributed by atoms with E-state index in [0.29, 0.717) is 12.6 Å². The fourth-order valence-corrected chi connectivity index (χ4v) is 2.94. The summed E-state index contributed by atoms with van der Waals surface area (Å²) in [4.78, 5) is 15.3. The molecule has 1 atom stereocenters.